The van der Waals surface area contributed by atoms with Gasteiger partial charge in [0, 0.05) is 13.0 Å². The van der Waals surface area contributed by atoms with Crippen LogP contribution in [0.5, 0.6) is 0 Å². The van der Waals surface area contributed by atoms with Crippen molar-refractivity contribution < 1.29 is 14.7 Å². The predicted molar refractivity (Wildman–Crippen MR) is 77.5 cm³/mol. The van der Waals surface area contributed by atoms with Gasteiger partial charge in [-0.05, 0) is 22.8 Å². The van der Waals surface area contributed by atoms with Crippen LogP contribution in [0.2, 0.25) is 0 Å². The van der Waals surface area contributed by atoms with E-state index in [9.17, 15) is 9.59 Å². The van der Waals surface area contributed by atoms with Crippen LogP contribution in [0.3, 0.4) is 0 Å². The van der Waals surface area contributed by atoms with Gasteiger partial charge in [-0.2, -0.15) is 0 Å². The standard InChI is InChI=1S/C16H17NO3/c1-11(18)17-15(10-16(19)20)9-12-6-7-13-4-2-3-5-14(13)8-12/h2-8,15H,9-10H2,1H3,(H,17,18)(H,19,20)/t15-/m1/s1. The maximum atomic E-state index is 11.1. The molecule has 0 aliphatic carbocycles. The molecule has 2 rings (SSSR count). The molecule has 1 atom stereocenters. The first kappa shape index (κ1) is 14.1. The van der Waals surface area contributed by atoms with Gasteiger partial charge < -0.3 is 10.4 Å². The molecule has 0 unspecified atom stereocenters. The van der Waals surface area contributed by atoms with Gasteiger partial charge in [0.1, 0.15) is 0 Å². The lowest BCUT2D eigenvalue weighted by molar-refractivity contribution is -0.137. The smallest absolute Gasteiger partial charge is 0.305 e. The Balaban J connectivity index is 2.18. The minimum absolute atomic E-state index is 0.0770. The average molecular weight is 271 g/mol. The van der Waals surface area contributed by atoms with E-state index in [0.717, 1.165) is 16.3 Å². The predicted octanol–water partition coefficient (Wildman–Crippen LogP) is 2.36. The fourth-order valence-electron chi connectivity index (χ4n) is 2.32. The van der Waals surface area contributed by atoms with Gasteiger partial charge in [-0.15, -0.1) is 0 Å². The lowest BCUT2D eigenvalue weighted by Crippen LogP contribution is -2.36. The molecule has 20 heavy (non-hydrogen) atoms. The Hall–Kier alpha value is -2.36. The summed E-state index contributed by atoms with van der Waals surface area (Å²) in [5.41, 5.74) is 1.02. The molecule has 0 spiro atoms. The average Bonchev–Trinajstić information content (AvgIpc) is 2.37. The van der Waals surface area contributed by atoms with Crippen molar-refractivity contribution in [2.24, 2.45) is 0 Å². The van der Waals surface area contributed by atoms with Crippen molar-refractivity contribution in [1.29, 1.82) is 0 Å². The van der Waals surface area contributed by atoms with Crippen LogP contribution in [0.4, 0.5) is 0 Å². The van der Waals surface area contributed by atoms with Crippen LogP contribution in [-0.2, 0) is 16.0 Å². The molecule has 0 bridgehead atoms. The van der Waals surface area contributed by atoms with Crippen molar-refractivity contribution in [3.8, 4) is 0 Å². The molecular weight excluding hydrogens is 254 g/mol. The summed E-state index contributed by atoms with van der Waals surface area (Å²) in [6.45, 7) is 1.40. The first-order valence-corrected chi connectivity index (χ1v) is 6.51. The fourth-order valence-corrected chi connectivity index (χ4v) is 2.32. The molecule has 2 N–H and O–H groups in total. The van der Waals surface area contributed by atoms with Crippen LogP contribution < -0.4 is 5.32 Å². The molecule has 0 radical (unpaired) electrons. The topological polar surface area (TPSA) is 66.4 Å². The molecule has 0 aliphatic heterocycles. The zero-order chi connectivity index (χ0) is 14.5. The number of carboxylic acid groups (broad SMARTS) is 1. The summed E-state index contributed by atoms with van der Waals surface area (Å²) in [5, 5.41) is 13.8. The third-order valence-corrected chi connectivity index (χ3v) is 3.12. The van der Waals surface area contributed by atoms with Gasteiger partial charge >= 0.3 is 5.97 Å². The Labute approximate surface area is 117 Å². The maximum Gasteiger partial charge on any atom is 0.305 e. The summed E-state index contributed by atoms with van der Waals surface area (Å²) in [7, 11) is 0. The van der Waals surface area contributed by atoms with Crippen LogP contribution in [0.25, 0.3) is 10.8 Å². The van der Waals surface area contributed by atoms with E-state index in [4.69, 9.17) is 5.11 Å². The Morgan fingerprint density at radius 2 is 1.85 bits per heavy atom. The number of carbonyl (C=O) groups is 2. The molecule has 0 heterocycles. The second-order valence-corrected chi connectivity index (χ2v) is 4.88. The van der Waals surface area contributed by atoms with Gasteiger partial charge in [0.2, 0.25) is 5.91 Å². The van der Waals surface area contributed by atoms with Crippen molar-refractivity contribution in [3.05, 3.63) is 48.0 Å². The number of hydrogen-bond donors (Lipinski definition) is 2. The number of benzene rings is 2. The monoisotopic (exact) mass is 271 g/mol. The Morgan fingerprint density at radius 3 is 2.50 bits per heavy atom. The minimum atomic E-state index is -0.912. The third-order valence-electron chi connectivity index (χ3n) is 3.12. The third kappa shape index (κ3) is 3.82. The van der Waals surface area contributed by atoms with Gasteiger partial charge in [0.25, 0.3) is 0 Å². The van der Waals surface area contributed by atoms with E-state index >= 15 is 0 Å². The quantitative estimate of drug-likeness (QED) is 0.877. The number of carboxylic acids is 1. The number of carbonyl (C=O) groups excluding carboxylic acids is 1. The highest BCUT2D eigenvalue weighted by molar-refractivity contribution is 5.83. The summed E-state index contributed by atoms with van der Waals surface area (Å²) in [6, 6.07) is 13.6. The molecule has 0 aromatic heterocycles. The minimum Gasteiger partial charge on any atom is -0.481 e. The highest BCUT2D eigenvalue weighted by Gasteiger charge is 2.15. The van der Waals surface area contributed by atoms with Crippen LogP contribution >= 0.6 is 0 Å². The lowest BCUT2D eigenvalue weighted by Gasteiger charge is -2.16. The van der Waals surface area contributed by atoms with Gasteiger partial charge in [0.05, 0.1) is 6.42 Å². The van der Waals surface area contributed by atoms with Crippen molar-refractivity contribution in [1.82, 2.24) is 5.32 Å². The fraction of sp³-hybridized carbons (Fsp3) is 0.250. The van der Waals surface area contributed by atoms with E-state index in [2.05, 4.69) is 5.32 Å². The molecule has 104 valence electrons. The molecule has 1 amide bonds. The molecule has 0 aliphatic rings. The molecule has 4 nitrogen and oxygen atoms in total. The first-order valence-electron chi connectivity index (χ1n) is 6.51. The summed E-state index contributed by atoms with van der Waals surface area (Å²) in [4.78, 5) is 22.0. The zero-order valence-corrected chi connectivity index (χ0v) is 11.3. The van der Waals surface area contributed by atoms with Gasteiger partial charge in [0.15, 0.2) is 0 Å². The summed E-state index contributed by atoms with van der Waals surface area (Å²) in [6.07, 6.45) is 0.434. The number of nitrogens with one attached hydrogen (secondary N) is 1. The Morgan fingerprint density at radius 1 is 1.15 bits per heavy atom. The van der Waals surface area contributed by atoms with Gasteiger partial charge in [-0.3, -0.25) is 9.59 Å². The highest BCUT2D eigenvalue weighted by atomic mass is 16.4. The Kier molecular flexibility index (Phi) is 4.35. The van der Waals surface area contributed by atoms with Crippen LogP contribution in [0.1, 0.15) is 18.9 Å². The molecule has 0 saturated carbocycles. The highest BCUT2D eigenvalue weighted by Crippen LogP contribution is 2.17. The number of amides is 1. The van der Waals surface area contributed by atoms with E-state index < -0.39 is 5.97 Å². The summed E-state index contributed by atoms with van der Waals surface area (Å²) < 4.78 is 0. The maximum absolute atomic E-state index is 11.1. The first-order chi connectivity index (χ1) is 9.54. The second kappa shape index (κ2) is 6.19. The summed E-state index contributed by atoms with van der Waals surface area (Å²) in [5.74, 6) is -1.12. The van der Waals surface area contributed by atoms with Crippen LogP contribution in [0, 0.1) is 0 Å². The molecule has 2 aromatic rings. The number of fused-ring (bicyclic) bond motifs is 1. The second-order valence-electron chi connectivity index (χ2n) is 4.88. The lowest BCUT2D eigenvalue weighted by atomic mass is 10.00. The largest absolute Gasteiger partial charge is 0.481 e. The van der Waals surface area contributed by atoms with Crippen molar-refractivity contribution in [2.45, 2.75) is 25.8 Å². The van der Waals surface area contributed by atoms with Crippen molar-refractivity contribution in [3.63, 3.8) is 0 Å². The van der Waals surface area contributed by atoms with Crippen LogP contribution in [0.15, 0.2) is 42.5 Å². The molecule has 2 aromatic carbocycles. The Bertz CT molecular complexity index is 620. The SMILES string of the molecule is CC(=O)N[C@@H](CC(=O)O)Cc1ccc2ccccc2c1. The van der Waals surface area contributed by atoms with E-state index in [0.29, 0.717) is 6.42 Å². The number of aliphatic carboxylic acids is 1. The normalized spacial score (nSPS) is 12.1. The molecule has 4 heteroatoms. The molecule has 0 fully saturated rings. The van der Waals surface area contributed by atoms with E-state index in [-0.39, 0.29) is 18.4 Å². The molecular formula is C16H17NO3. The van der Waals surface area contributed by atoms with E-state index in [1.807, 2.05) is 42.5 Å². The molecule has 0 saturated heterocycles. The summed E-state index contributed by atoms with van der Waals surface area (Å²) >= 11 is 0. The van der Waals surface area contributed by atoms with Crippen molar-refractivity contribution in [2.75, 3.05) is 0 Å². The van der Waals surface area contributed by atoms with E-state index in [1.54, 1.807) is 0 Å². The zero-order valence-electron chi connectivity index (χ0n) is 11.3. The van der Waals surface area contributed by atoms with Gasteiger partial charge in [-0.1, -0.05) is 42.5 Å². The van der Waals surface area contributed by atoms with E-state index in [1.165, 1.54) is 6.92 Å². The van der Waals surface area contributed by atoms with Crippen LogP contribution in [-0.4, -0.2) is 23.0 Å². The number of rotatable bonds is 5. The van der Waals surface area contributed by atoms with Crippen molar-refractivity contribution >= 4 is 22.6 Å². The number of hydrogen-bond acceptors (Lipinski definition) is 2. The van der Waals surface area contributed by atoms with Gasteiger partial charge in [-0.25, -0.2) is 0 Å².